The highest BCUT2D eigenvalue weighted by Crippen LogP contribution is 2.08. The lowest BCUT2D eigenvalue weighted by molar-refractivity contribution is 0.0948. The van der Waals surface area contributed by atoms with Crippen LogP contribution in [0.2, 0.25) is 0 Å². The monoisotopic (exact) mass is 305 g/mol. The van der Waals surface area contributed by atoms with Gasteiger partial charge in [-0.2, -0.15) is 11.8 Å². The quantitative estimate of drug-likeness (QED) is 0.778. The predicted octanol–water partition coefficient (Wildman–Crippen LogP) is 0.204. The molecule has 5 nitrogen and oxygen atoms in total. The van der Waals surface area contributed by atoms with Crippen LogP contribution >= 0.6 is 11.8 Å². The molecule has 1 aliphatic heterocycles. The van der Waals surface area contributed by atoms with Gasteiger partial charge in [-0.1, -0.05) is 11.8 Å². The first-order valence-corrected chi connectivity index (χ1v) is 8.09. The van der Waals surface area contributed by atoms with Gasteiger partial charge in [-0.25, -0.2) is 0 Å². The van der Waals surface area contributed by atoms with E-state index in [0.717, 1.165) is 19.6 Å². The summed E-state index contributed by atoms with van der Waals surface area (Å²) in [6.45, 7) is 3.43. The van der Waals surface area contributed by atoms with Crippen LogP contribution in [0.1, 0.15) is 15.9 Å². The van der Waals surface area contributed by atoms with Gasteiger partial charge >= 0.3 is 0 Å². The third-order valence-electron chi connectivity index (χ3n) is 3.19. The lowest BCUT2D eigenvalue weighted by Crippen LogP contribution is -2.39. The molecule has 0 unspecified atom stereocenters. The Morgan fingerprint density at radius 2 is 2.29 bits per heavy atom. The highest BCUT2D eigenvalue weighted by molar-refractivity contribution is 7.99. The van der Waals surface area contributed by atoms with E-state index in [2.05, 4.69) is 27.0 Å². The summed E-state index contributed by atoms with van der Waals surface area (Å²) in [5.41, 5.74) is 1.04. The second-order valence-electron chi connectivity index (χ2n) is 4.59. The molecule has 1 saturated heterocycles. The summed E-state index contributed by atoms with van der Waals surface area (Å²) in [5, 5.41) is 11.7. The van der Waals surface area contributed by atoms with Gasteiger partial charge in [0.15, 0.2) is 0 Å². The number of hydrogen-bond donors (Lipinski definition) is 2. The van der Waals surface area contributed by atoms with Crippen molar-refractivity contribution in [3.05, 3.63) is 29.6 Å². The number of carbonyl (C=O) groups is 1. The van der Waals surface area contributed by atoms with Crippen molar-refractivity contribution >= 4 is 17.7 Å². The van der Waals surface area contributed by atoms with Gasteiger partial charge in [0.2, 0.25) is 0 Å². The van der Waals surface area contributed by atoms with Crippen LogP contribution in [0.4, 0.5) is 0 Å². The number of thioether (sulfide) groups is 1. The molecule has 0 aromatic carbocycles. The number of aliphatic hydroxyl groups is 1. The summed E-state index contributed by atoms with van der Waals surface area (Å²) in [6, 6.07) is 1.65. The molecule has 6 heteroatoms. The van der Waals surface area contributed by atoms with Crippen LogP contribution in [0.5, 0.6) is 0 Å². The maximum Gasteiger partial charge on any atom is 0.252 e. The Kier molecular flexibility index (Phi) is 6.54. The zero-order valence-corrected chi connectivity index (χ0v) is 12.7. The Morgan fingerprint density at radius 1 is 1.48 bits per heavy atom. The molecule has 1 aromatic heterocycles. The van der Waals surface area contributed by atoms with Gasteiger partial charge in [0.25, 0.3) is 5.91 Å². The second kappa shape index (κ2) is 8.67. The third-order valence-corrected chi connectivity index (χ3v) is 4.13. The summed E-state index contributed by atoms with van der Waals surface area (Å²) in [4.78, 5) is 18.5. The average molecular weight is 305 g/mol. The van der Waals surface area contributed by atoms with Crippen molar-refractivity contribution in [2.75, 3.05) is 44.3 Å². The van der Waals surface area contributed by atoms with E-state index in [9.17, 15) is 4.79 Å². The molecule has 0 aliphatic carbocycles. The highest BCUT2D eigenvalue weighted by atomic mass is 32.2. The van der Waals surface area contributed by atoms with Gasteiger partial charge in [0.1, 0.15) is 6.61 Å². The number of pyridine rings is 1. The van der Waals surface area contributed by atoms with E-state index < -0.39 is 0 Å². The van der Waals surface area contributed by atoms with Gasteiger partial charge in [-0.05, 0) is 6.07 Å². The highest BCUT2D eigenvalue weighted by Gasteiger charge is 2.12. The van der Waals surface area contributed by atoms with E-state index in [0.29, 0.717) is 17.7 Å². The van der Waals surface area contributed by atoms with Crippen LogP contribution in [0.15, 0.2) is 18.5 Å². The fraction of sp³-hybridized carbons (Fsp3) is 0.467. The largest absolute Gasteiger partial charge is 0.384 e. The van der Waals surface area contributed by atoms with Crippen molar-refractivity contribution < 1.29 is 9.90 Å². The molecule has 0 atom stereocenters. The molecule has 21 heavy (non-hydrogen) atoms. The van der Waals surface area contributed by atoms with Gasteiger partial charge in [-0.15, -0.1) is 0 Å². The molecule has 1 fully saturated rings. The molecule has 0 spiro atoms. The third kappa shape index (κ3) is 5.05. The molecule has 1 aliphatic rings. The lowest BCUT2D eigenvalue weighted by Gasteiger charge is -2.26. The van der Waals surface area contributed by atoms with Crippen molar-refractivity contribution in [3.8, 4) is 11.8 Å². The van der Waals surface area contributed by atoms with Gasteiger partial charge in [0, 0.05) is 50.1 Å². The Morgan fingerprint density at radius 3 is 3.05 bits per heavy atom. The maximum absolute atomic E-state index is 12.2. The number of aliphatic hydroxyl groups excluding tert-OH is 1. The number of nitrogens with one attached hydrogen (secondary N) is 1. The fourth-order valence-corrected chi connectivity index (χ4v) is 3.05. The van der Waals surface area contributed by atoms with Crippen LogP contribution in [0, 0.1) is 11.8 Å². The van der Waals surface area contributed by atoms with Gasteiger partial charge in [-0.3, -0.25) is 14.7 Å². The molecule has 0 bridgehead atoms. The molecule has 0 radical (unpaired) electrons. The Bertz CT molecular complexity index is 533. The Hall–Kier alpha value is -1.55. The molecular formula is C15H19N3O2S. The minimum absolute atomic E-state index is 0.147. The molecule has 112 valence electrons. The van der Waals surface area contributed by atoms with E-state index in [-0.39, 0.29) is 12.5 Å². The molecule has 1 amide bonds. The van der Waals surface area contributed by atoms with Gasteiger partial charge in [0.05, 0.1) is 11.1 Å². The SMILES string of the molecule is O=C(NCCN1CCSCC1)c1ccncc1C#CCO. The van der Waals surface area contributed by atoms with E-state index >= 15 is 0 Å². The van der Waals surface area contributed by atoms with E-state index in [1.165, 1.54) is 11.5 Å². The number of nitrogens with zero attached hydrogens (tertiary/aromatic N) is 2. The predicted molar refractivity (Wildman–Crippen MR) is 84.3 cm³/mol. The van der Waals surface area contributed by atoms with Crippen molar-refractivity contribution in [3.63, 3.8) is 0 Å². The van der Waals surface area contributed by atoms with Crippen LogP contribution < -0.4 is 5.32 Å². The normalized spacial score (nSPS) is 15.1. The Labute approximate surface area is 129 Å². The van der Waals surface area contributed by atoms with Crippen molar-refractivity contribution in [2.45, 2.75) is 0 Å². The van der Waals surface area contributed by atoms with Gasteiger partial charge < -0.3 is 10.4 Å². The van der Waals surface area contributed by atoms with E-state index in [4.69, 9.17) is 5.11 Å². The summed E-state index contributed by atoms with van der Waals surface area (Å²) >= 11 is 1.97. The first-order valence-electron chi connectivity index (χ1n) is 6.93. The second-order valence-corrected chi connectivity index (χ2v) is 5.82. The minimum Gasteiger partial charge on any atom is -0.384 e. The number of amides is 1. The number of carbonyl (C=O) groups excluding carboxylic acids is 1. The minimum atomic E-state index is -0.233. The Balaban J connectivity index is 1.88. The molecule has 0 saturated carbocycles. The molecule has 2 rings (SSSR count). The fourth-order valence-electron chi connectivity index (χ4n) is 2.07. The lowest BCUT2D eigenvalue weighted by atomic mass is 10.1. The molecular weight excluding hydrogens is 286 g/mol. The zero-order valence-electron chi connectivity index (χ0n) is 11.8. The summed E-state index contributed by atoms with van der Waals surface area (Å²) in [7, 11) is 0. The number of aromatic nitrogens is 1. The standard InChI is InChI=1S/C15H19N3O2S/c19-9-1-2-13-12-16-4-3-14(13)15(20)17-5-6-18-7-10-21-11-8-18/h3-4,12,19H,5-11H2,(H,17,20). The maximum atomic E-state index is 12.2. The van der Waals surface area contributed by atoms with Crippen molar-refractivity contribution in [1.82, 2.24) is 15.2 Å². The van der Waals surface area contributed by atoms with Crippen LogP contribution in [0.25, 0.3) is 0 Å². The molecule has 1 aromatic rings. The zero-order chi connectivity index (χ0) is 14.9. The number of rotatable bonds is 4. The summed E-state index contributed by atoms with van der Waals surface area (Å²) in [6.07, 6.45) is 3.11. The summed E-state index contributed by atoms with van der Waals surface area (Å²) in [5.74, 6) is 7.47. The molecule has 2 N–H and O–H groups in total. The number of hydrogen-bond acceptors (Lipinski definition) is 5. The first-order chi connectivity index (χ1) is 10.3. The van der Waals surface area contributed by atoms with Crippen LogP contribution in [-0.2, 0) is 0 Å². The summed E-state index contributed by atoms with van der Waals surface area (Å²) < 4.78 is 0. The van der Waals surface area contributed by atoms with E-state index in [1.807, 2.05) is 11.8 Å². The molecule has 2 heterocycles. The average Bonchev–Trinajstić information content (AvgIpc) is 2.54. The van der Waals surface area contributed by atoms with Crippen LogP contribution in [-0.4, -0.2) is 65.2 Å². The topological polar surface area (TPSA) is 65.5 Å². The first kappa shape index (κ1) is 15.8. The van der Waals surface area contributed by atoms with E-state index in [1.54, 1.807) is 18.5 Å². The van der Waals surface area contributed by atoms with Crippen molar-refractivity contribution in [1.29, 1.82) is 0 Å². The smallest absolute Gasteiger partial charge is 0.252 e. The van der Waals surface area contributed by atoms with Crippen molar-refractivity contribution in [2.24, 2.45) is 0 Å². The van der Waals surface area contributed by atoms with Crippen LogP contribution in [0.3, 0.4) is 0 Å².